The van der Waals surface area contributed by atoms with E-state index in [9.17, 15) is 0 Å². The predicted octanol–water partition coefficient (Wildman–Crippen LogP) is 8.39. The third kappa shape index (κ3) is 2.79. The molecule has 2 aromatic heterocycles. The Morgan fingerprint density at radius 1 is 0.469 bits per heavy atom. The minimum atomic E-state index is 1.04. The molecule has 158 valence electrons. The van der Waals surface area contributed by atoms with Crippen LogP contribution in [0.2, 0.25) is 0 Å². The van der Waals surface area contributed by atoms with Crippen LogP contribution in [0.4, 0.5) is 0 Å². The van der Waals surface area contributed by atoms with Crippen molar-refractivity contribution in [2.45, 2.75) is 39.8 Å². The number of benzene rings is 4. The molecule has 6 aromatic rings. The minimum absolute atomic E-state index is 1.04. The van der Waals surface area contributed by atoms with Crippen molar-refractivity contribution < 1.29 is 0 Å². The van der Waals surface area contributed by atoms with Gasteiger partial charge in [-0.15, -0.1) is 0 Å². The van der Waals surface area contributed by atoms with Crippen molar-refractivity contribution >= 4 is 43.6 Å². The normalized spacial score (nSPS) is 11.9. The summed E-state index contributed by atoms with van der Waals surface area (Å²) in [6.07, 6.45) is 2.26. The maximum atomic E-state index is 2.49. The monoisotopic (exact) mass is 416 g/mol. The quantitative estimate of drug-likeness (QED) is 0.267. The standard InChI is InChI=1S/C30H28N2/c1-3-17-31-28-12-8-6-10-24(28)26-19-21(14-16-29(26)31)22-13-15-25-23-9-5-7-11-27(23)32(18-4-2)30(25)20-22/h5-16,19-20H,3-4,17-18H2,1-2H3. The highest BCUT2D eigenvalue weighted by molar-refractivity contribution is 6.11. The number of hydrogen-bond donors (Lipinski definition) is 0. The lowest BCUT2D eigenvalue weighted by atomic mass is 10.0. The van der Waals surface area contributed by atoms with Crippen LogP contribution in [0.5, 0.6) is 0 Å². The van der Waals surface area contributed by atoms with Crippen LogP contribution in [0.25, 0.3) is 54.7 Å². The second-order valence-corrected chi connectivity index (χ2v) is 8.80. The largest absolute Gasteiger partial charge is 0.340 e. The topological polar surface area (TPSA) is 9.86 Å². The molecule has 0 bridgehead atoms. The van der Waals surface area contributed by atoms with Gasteiger partial charge in [0, 0.05) is 56.7 Å². The lowest BCUT2D eigenvalue weighted by Crippen LogP contribution is -1.96. The lowest BCUT2D eigenvalue weighted by Gasteiger charge is -2.08. The maximum Gasteiger partial charge on any atom is 0.0497 e. The van der Waals surface area contributed by atoms with Crippen LogP contribution < -0.4 is 0 Å². The fourth-order valence-electron chi connectivity index (χ4n) is 5.39. The molecule has 2 heteroatoms. The molecule has 0 aliphatic heterocycles. The van der Waals surface area contributed by atoms with Crippen molar-refractivity contribution in [3.05, 3.63) is 84.9 Å². The molecule has 32 heavy (non-hydrogen) atoms. The summed E-state index contributed by atoms with van der Waals surface area (Å²) in [5.74, 6) is 0. The van der Waals surface area contributed by atoms with Gasteiger partial charge in [-0.05, 0) is 54.3 Å². The van der Waals surface area contributed by atoms with Crippen LogP contribution in [0.15, 0.2) is 84.9 Å². The fourth-order valence-corrected chi connectivity index (χ4v) is 5.39. The van der Waals surface area contributed by atoms with Crippen molar-refractivity contribution in [2.24, 2.45) is 0 Å². The molecule has 2 heterocycles. The van der Waals surface area contributed by atoms with Crippen molar-refractivity contribution in [3.63, 3.8) is 0 Å². The Kier molecular flexibility index (Phi) is 4.53. The number of fused-ring (bicyclic) bond motifs is 6. The average Bonchev–Trinajstić information content (AvgIpc) is 3.32. The molecule has 0 aliphatic rings. The Morgan fingerprint density at radius 3 is 1.66 bits per heavy atom. The highest BCUT2D eigenvalue weighted by Gasteiger charge is 2.13. The van der Waals surface area contributed by atoms with Crippen LogP contribution in [-0.4, -0.2) is 9.13 Å². The summed E-state index contributed by atoms with van der Waals surface area (Å²) in [4.78, 5) is 0. The zero-order valence-corrected chi connectivity index (χ0v) is 18.8. The number of rotatable bonds is 5. The smallest absolute Gasteiger partial charge is 0.0497 e. The molecule has 0 unspecified atom stereocenters. The first kappa shape index (κ1) is 19.2. The van der Waals surface area contributed by atoms with E-state index in [1.54, 1.807) is 0 Å². The molecule has 6 rings (SSSR count). The van der Waals surface area contributed by atoms with Gasteiger partial charge >= 0.3 is 0 Å². The second-order valence-electron chi connectivity index (χ2n) is 8.80. The molecule has 0 N–H and O–H groups in total. The Bertz CT molecular complexity index is 1600. The Hall–Kier alpha value is -3.52. The van der Waals surface area contributed by atoms with Gasteiger partial charge in [-0.2, -0.15) is 0 Å². The SMILES string of the molecule is CCCn1c2ccccc2c2cc(-c3ccc4c5ccccc5n(CCC)c4c3)ccc21. The molecular formula is C30H28N2. The van der Waals surface area contributed by atoms with E-state index < -0.39 is 0 Å². The Labute approximate surface area is 188 Å². The number of aromatic nitrogens is 2. The third-order valence-corrected chi connectivity index (χ3v) is 6.77. The molecule has 0 atom stereocenters. The molecule has 0 radical (unpaired) electrons. The molecular weight excluding hydrogens is 388 g/mol. The van der Waals surface area contributed by atoms with Gasteiger partial charge in [0.25, 0.3) is 0 Å². The first-order valence-corrected chi connectivity index (χ1v) is 11.8. The molecule has 0 saturated heterocycles. The van der Waals surface area contributed by atoms with Crippen LogP contribution in [0.1, 0.15) is 26.7 Å². The van der Waals surface area contributed by atoms with Gasteiger partial charge in [0.1, 0.15) is 0 Å². The minimum Gasteiger partial charge on any atom is -0.340 e. The summed E-state index contributed by atoms with van der Waals surface area (Å²) in [6.45, 7) is 6.59. The number of para-hydroxylation sites is 2. The van der Waals surface area contributed by atoms with Crippen LogP contribution in [-0.2, 0) is 13.1 Å². The average molecular weight is 417 g/mol. The summed E-state index contributed by atoms with van der Waals surface area (Å²) in [5.41, 5.74) is 7.90. The van der Waals surface area contributed by atoms with Gasteiger partial charge in [-0.3, -0.25) is 0 Å². The van der Waals surface area contributed by atoms with E-state index in [4.69, 9.17) is 0 Å². The lowest BCUT2D eigenvalue weighted by molar-refractivity contribution is 0.724. The van der Waals surface area contributed by atoms with Gasteiger partial charge in [0.2, 0.25) is 0 Å². The van der Waals surface area contributed by atoms with E-state index >= 15 is 0 Å². The molecule has 0 fully saturated rings. The van der Waals surface area contributed by atoms with Crippen molar-refractivity contribution in [3.8, 4) is 11.1 Å². The number of nitrogens with zero attached hydrogens (tertiary/aromatic N) is 2. The summed E-state index contributed by atoms with van der Waals surface area (Å²) in [5, 5.41) is 5.39. The van der Waals surface area contributed by atoms with Gasteiger partial charge < -0.3 is 9.13 Å². The van der Waals surface area contributed by atoms with Crippen molar-refractivity contribution in [1.82, 2.24) is 9.13 Å². The first-order valence-electron chi connectivity index (χ1n) is 11.8. The summed E-state index contributed by atoms with van der Waals surface area (Å²) in [6, 6.07) is 31.6. The van der Waals surface area contributed by atoms with E-state index in [-0.39, 0.29) is 0 Å². The number of hydrogen-bond acceptors (Lipinski definition) is 0. The van der Waals surface area contributed by atoms with E-state index in [2.05, 4.69) is 108 Å². The summed E-state index contributed by atoms with van der Waals surface area (Å²) >= 11 is 0. The van der Waals surface area contributed by atoms with Crippen LogP contribution >= 0.6 is 0 Å². The van der Waals surface area contributed by atoms with Crippen molar-refractivity contribution in [2.75, 3.05) is 0 Å². The molecule has 0 saturated carbocycles. The Balaban J connectivity index is 1.58. The van der Waals surface area contributed by atoms with E-state index in [0.717, 1.165) is 25.9 Å². The van der Waals surface area contributed by atoms with E-state index in [1.165, 1.54) is 54.7 Å². The predicted molar refractivity (Wildman–Crippen MR) is 138 cm³/mol. The van der Waals surface area contributed by atoms with Gasteiger partial charge in [-0.25, -0.2) is 0 Å². The second kappa shape index (κ2) is 7.56. The van der Waals surface area contributed by atoms with Gasteiger partial charge in [0.05, 0.1) is 0 Å². The fraction of sp³-hybridized carbons (Fsp3) is 0.200. The van der Waals surface area contributed by atoms with E-state index in [0.29, 0.717) is 0 Å². The van der Waals surface area contributed by atoms with Crippen LogP contribution in [0.3, 0.4) is 0 Å². The molecule has 2 nitrogen and oxygen atoms in total. The zero-order chi connectivity index (χ0) is 21.7. The highest BCUT2D eigenvalue weighted by atomic mass is 15.0. The summed E-state index contributed by atoms with van der Waals surface area (Å²) in [7, 11) is 0. The maximum absolute atomic E-state index is 2.49. The van der Waals surface area contributed by atoms with Crippen molar-refractivity contribution in [1.29, 1.82) is 0 Å². The first-order chi connectivity index (χ1) is 15.8. The number of aryl methyl sites for hydroxylation is 2. The summed E-state index contributed by atoms with van der Waals surface area (Å²) < 4.78 is 4.95. The van der Waals surface area contributed by atoms with Gasteiger partial charge in [0.15, 0.2) is 0 Å². The molecule has 4 aromatic carbocycles. The third-order valence-electron chi connectivity index (χ3n) is 6.77. The highest BCUT2D eigenvalue weighted by Crippen LogP contribution is 2.36. The zero-order valence-electron chi connectivity index (χ0n) is 18.8. The van der Waals surface area contributed by atoms with E-state index in [1.807, 2.05) is 0 Å². The molecule has 0 spiro atoms. The molecule has 0 amide bonds. The molecule has 0 aliphatic carbocycles. The van der Waals surface area contributed by atoms with Crippen LogP contribution in [0, 0.1) is 0 Å². The Morgan fingerprint density at radius 2 is 0.969 bits per heavy atom. The van der Waals surface area contributed by atoms with Gasteiger partial charge in [-0.1, -0.05) is 68.4 Å².